The van der Waals surface area contributed by atoms with Crippen LogP contribution in [-0.2, 0) is 11.3 Å². The van der Waals surface area contributed by atoms with Crippen LogP contribution in [0.25, 0.3) is 11.5 Å². The summed E-state index contributed by atoms with van der Waals surface area (Å²) in [5.74, 6) is -3.21. The highest BCUT2D eigenvalue weighted by Crippen LogP contribution is 2.40. The van der Waals surface area contributed by atoms with E-state index in [1.54, 1.807) is 31.2 Å². The van der Waals surface area contributed by atoms with E-state index in [0.717, 1.165) is 11.5 Å². The number of amides is 1. The second kappa shape index (κ2) is 13.0. The predicted molar refractivity (Wildman–Crippen MR) is 152 cm³/mol. The normalized spacial score (nSPS) is 18.1. The van der Waals surface area contributed by atoms with Gasteiger partial charge in [-0.25, -0.2) is 13.2 Å². The Labute approximate surface area is 241 Å². The van der Waals surface area contributed by atoms with E-state index in [0.29, 0.717) is 22.0 Å². The lowest BCUT2D eigenvalue weighted by atomic mass is 9.97. The number of carbonyl (C=O) groups is 1. The zero-order valence-electron chi connectivity index (χ0n) is 22.8. The Morgan fingerprint density at radius 2 is 1.88 bits per heavy atom. The Bertz CT molecular complexity index is 1320. The topological polar surface area (TPSA) is 85.2 Å². The molecule has 0 bridgehead atoms. The lowest BCUT2D eigenvalue weighted by molar-refractivity contribution is -0.119. The highest BCUT2D eigenvalue weighted by Gasteiger charge is 2.34. The number of anilines is 1. The summed E-state index contributed by atoms with van der Waals surface area (Å²) in [6.45, 7) is 5.64. The lowest BCUT2D eigenvalue weighted by Gasteiger charge is -2.25. The molecule has 0 saturated heterocycles. The van der Waals surface area contributed by atoms with Gasteiger partial charge in [-0.1, -0.05) is 57.3 Å². The summed E-state index contributed by atoms with van der Waals surface area (Å²) in [5.41, 5.74) is 7.34. The van der Waals surface area contributed by atoms with E-state index in [1.807, 2.05) is 0 Å². The molecule has 1 aliphatic heterocycles. The maximum Gasteiger partial charge on any atom is 0.250 e. The quantitative estimate of drug-likeness (QED) is 0.286. The highest BCUT2D eigenvalue weighted by molar-refractivity contribution is 7.99. The minimum Gasteiger partial charge on any atom is -0.420 e. The molecule has 2 atom stereocenters. The number of aromatic nitrogens is 2. The van der Waals surface area contributed by atoms with E-state index in [9.17, 15) is 13.6 Å². The molecule has 2 aromatic carbocycles. The molecule has 1 unspecified atom stereocenters. The number of benzene rings is 2. The number of carbonyl (C=O) groups excluding carboxylic acids is 1. The van der Waals surface area contributed by atoms with Crippen molar-refractivity contribution in [2.24, 2.45) is 11.7 Å². The maximum absolute atomic E-state index is 15.2. The van der Waals surface area contributed by atoms with Gasteiger partial charge in [-0.05, 0) is 42.2 Å². The number of fused-ring (bicyclic) bond motifs is 1. The van der Waals surface area contributed by atoms with Crippen molar-refractivity contribution < 1.29 is 22.4 Å². The van der Waals surface area contributed by atoms with Gasteiger partial charge < -0.3 is 15.1 Å². The molecule has 1 fully saturated rings. The Morgan fingerprint density at radius 1 is 1.20 bits per heavy atom. The second-order valence-electron chi connectivity index (χ2n) is 10.4. The molecule has 2 aliphatic rings. The number of rotatable bonds is 8. The molecule has 11 heteroatoms. The van der Waals surface area contributed by atoms with Crippen molar-refractivity contribution in [2.75, 3.05) is 10.7 Å². The first-order valence-electron chi connectivity index (χ1n) is 13.5. The fraction of sp³-hybridized carbons (Fsp3) is 0.483. The van der Waals surface area contributed by atoms with Crippen LogP contribution in [0.15, 0.2) is 45.7 Å². The smallest absolute Gasteiger partial charge is 0.250 e. The van der Waals surface area contributed by atoms with Crippen molar-refractivity contribution in [3.63, 3.8) is 0 Å². The van der Waals surface area contributed by atoms with Crippen LogP contribution in [0, 0.1) is 11.7 Å². The van der Waals surface area contributed by atoms with Crippen LogP contribution in [0.3, 0.4) is 0 Å². The zero-order valence-corrected chi connectivity index (χ0v) is 24.4. The third-order valence-electron chi connectivity index (χ3n) is 7.04. The Balaban J connectivity index is 0.000000848. The monoisotopic (exact) mass is 594 g/mol. The molecule has 216 valence electrons. The van der Waals surface area contributed by atoms with Crippen molar-refractivity contribution in [2.45, 2.75) is 82.2 Å². The van der Waals surface area contributed by atoms with Crippen molar-refractivity contribution in [3.8, 4) is 11.5 Å². The average molecular weight is 595 g/mol. The Hall–Kier alpha value is -2.56. The maximum atomic E-state index is 15.2. The molecular weight excluding hydrogens is 561 g/mol. The van der Waals surface area contributed by atoms with Crippen LogP contribution >= 0.6 is 23.4 Å². The summed E-state index contributed by atoms with van der Waals surface area (Å²) in [6, 6.07) is 9.04. The molecule has 1 saturated carbocycles. The molecule has 3 aromatic rings. The van der Waals surface area contributed by atoms with E-state index >= 15 is 4.39 Å². The van der Waals surface area contributed by atoms with Gasteiger partial charge in [0.1, 0.15) is 5.82 Å². The Morgan fingerprint density at radius 3 is 2.48 bits per heavy atom. The molecule has 6 nitrogen and oxygen atoms in total. The standard InChI is InChI=1S/C25H26ClF3N4O2S.C4H8/c1-3-15(11-25(28,29)4-2)22-31-32-23(35-22)17-9-20-21(10-18(17)27)36-13-19(30)24(34)33(20)12-14-5-7-16(26)8-6-14;1-4-2-3-4/h5-10,15,19H,3-4,11-13,30H2,1-2H3;4H,2-3H2,1H3/t15?,19-;/m0./s1. The third kappa shape index (κ3) is 7.59. The minimum absolute atomic E-state index is 0.0189. The summed E-state index contributed by atoms with van der Waals surface area (Å²) < 4.78 is 48.9. The first kappa shape index (κ1) is 30.4. The van der Waals surface area contributed by atoms with Crippen LogP contribution in [0.4, 0.5) is 18.9 Å². The number of thioether (sulfide) groups is 1. The number of alkyl halides is 2. The Kier molecular flexibility index (Phi) is 9.85. The summed E-state index contributed by atoms with van der Waals surface area (Å²) >= 11 is 7.27. The van der Waals surface area contributed by atoms with Gasteiger partial charge in [-0.2, -0.15) is 0 Å². The van der Waals surface area contributed by atoms with Crippen molar-refractivity contribution >= 4 is 35.0 Å². The van der Waals surface area contributed by atoms with E-state index in [-0.39, 0.29) is 42.0 Å². The molecule has 1 aromatic heterocycles. The number of nitrogens with two attached hydrogens (primary N) is 1. The summed E-state index contributed by atoms with van der Waals surface area (Å²) in [7, 11) is 0. The van der Waals surface area contributed by atoms with Crippen LogP contribution in [0.1, 0.15) is 70.2 Å². The summed E-state index contributed by atoms with van der Waals surface area (Å²) in [4.78, 5) is 15.2. The molecular formula is C29H34ClF3N4O2S. The molecule has 1 aliphatic carbocycles. The first-order chi connectivity index (χ1) is 19.0. The molecule has 40 heavy (non-hydrogen) atoms. The van der Waals surface area contributed by atoms with Crippen LogP contribution in [0.5, 0.6) is 0 Å². The number of hydrogen-bond acceptors (Lipinski definition) is 6. The second-order valence-corrected chi connectivity index (χ2v) is 11.9. The van der Waals surface area contributed by atoms with Gasteiger partial charge in [0.05, 0.1) is 23.8 Å². The van der Waals surface area contributed by atoms with Crippen molar-refractivity contribution in [1.82, 2.24) is 10.2 Å². The molecule has 0 spiro atoms. The van der Waals surface area contributed by atoms with Gasteiger partial charge in [-0.15, -0.1) is 22.0 Å². The van der Waals surface area contributed by atoms with Crippen molar-refractivity contribution in [3.05, 3.63) is 58.7 Å². The zero-order chi connectivity index (χ0) is 29.0. The number of halogens is 4. The van der Waals surface area contributed by atoms with Gasteiger partial charge in [0, 0.05) is 34.4 Å². The number of nitrogens with zero attached hydrogens (tertiary/aromatic N) is 3. The molecule has 5 rings (SSSR count). The first-order valence-corrected chi connectivity index (χ1v) is 14.9. The van der Waals surface area contributed by atoms with Crippen molar-refractivity contribution in [1.29, 1.82) is 0 Å². The van der Waals surface area contributed by atoms with E-state index in [1.165, 1.54) is 48.6 Å². The lowest BCUT2D eigenvalue weighted by Crippen LogP contribution is -2.44. The van der Waals surface area contributed by atoms with Gasteiger partial charge >= 0.3 is 0 Å². The van der Waals surface area contributed by atoms with Crippen LogP contribution in [-0.4, -0.2) is 33.8 Å². The molecule has 0 radical (unpaired) electrons. The van der Waals surface area contributed by atoms with Crippen LogP contribution < -0.4 is 10.6 Å². The molecule has 2 heterocycles. The molecule has 1 amide bonds. The summed E-state index contributed by atoms with van der Waals surface area (Å²) in [6.07, 6.45) is 2.59. The fourth-order valence-corrected chi connectivity index (χ4v) is 5.26. The largest absolute Gasteiger partial charge is 0.420 e. The van der Waals surface area contributed by atoms with Gasteiger partial charge in [0.15, 0.2) is 0 Å². The van der Waals surface area contributed by atoms with Gasteiger partial charge in [0.25, 0.3) is 5.89 Å². The fourth-order valence-electron chi connectivity index (χ4n) is 4.13. The molecule has 2 N–H and O–H groups in total. The predicted octanol–water partition coefficient (Wildman–Crippen LogP) is 7.84. The average Bonchev–Trinajstić information content (AvgIpc) is 3.59. The SMILES string of the molecule is CC1CC1.CCC(CC(F)(F)CC)c1nnc(-c2cc3c(cc2F)SC[C@H](N)C(=O)N3Cc2ccc(Cl)cc2)o1. The van der Waals surface area contributed by atoms with Gasteiger partial charge in [-0.3, -0.25) is 4.79 Å². The van der Waals surface area contributed by atoms with Gasteiger partial charge in [0.2, 0.25) is 17.7 Å². The van der Waals surface area contributed by atoms with E-state index < -0.39 is 30.1 Å². The van der Waals surface area contributed by atoms with E-state index in [4.69, 9.17) is 21.8 Å². The minimum atomic E-state index is -2.87. The third-order valence-corrected chi connectivity index (χ3v) is 8.45. The number of hydrogen-bond donors (Lipinski definition) is 1. The highest BCUT2D eigenvalue weighted by atomic mass is 35.5. The van der Waals surface area contributed by atoms with Crippen LogP contribution in [0.2, 0.25) is 5.02 Å². The summed E-state index contributed by atoms with van der Waals surface area (Å²) in [5, 5.41) is 8.45. The van der Waals surface area contributed by atoms with E-state index in [2.05, 4.69) is 17.1 Å².